The molecule has 0 bridgehead atoms. The first-order valence-corrected chi connectivity index (χ1v) is 5.91. The van der Waals surface area contributed by atoms with Crippen LogP contribution in [0.25, 0.3) is 11.1 Å². The molecule has 0 amide bonds. The van der Waals surface area contributed by atoms with Crippen LogP contribution in [-0.4, -0.2) is 0 Å². The molecule has 1 heterocycles. The van der Waals surface area contributed by atoms with Crippen molar-refractivity contribution in [2.75, 3.05) is 0 Å². The van der Waals surface area contributed by atoms with E-state index in [0.29, 0.717) is 11.1 Å². The van der Waals surface area contributed by atoms with Gasteiger partial charge in [-0.1, -0.05) is 12.1 Å². The third-order valence-electron chi connectivity index (χ3n) is 2.05. The average Bonchev–Trinajstić information content (AvgIpc) is 2.50. The molecule has 0 saturated heterocycles. The number of aryl methyl sites for hydroxylation is 1. The summed E-state index contributed by atoms with van der Waals surface area (Å²) in [4.78, 5) is 1.06. The topological polar surface area (TPSA) is 0 Å². The van der Waals surface area contributed by atoms with Gasteiger partial charge < -0.3 is 0 Å². The molecule has 2 aromatic rings. The van der Waals surface area contributed by atoms with Crippen molar-refractivity contribution >= 4 is 27.3 Å². The summed E-state index contributed by atoms with van der Waals surface area (Å²) in [5.41, 5.74) is 1.00. The largest absolute Gasteiger partial charge is 0.204 e. The van der Waals surface area contributed by atoms with Gasteiger partial charge in [-0.15, -0.1) is 11.3 Å². The van der Waals surface area contributed by atoms with Gasteiger partial charge in [0.05, 0.1) is 3.79 Å². The first kappa shape index (κ1) is 10.8. The lowest BCUT2D eigenvalue weighted by atomic mass is 10.1. The van der Waals surface area contributed by atoms with E-state index >= 15 is 0 Å². The highest BCUT2D eigenvalue weighted by molar-refractivity contribution is 9.11. The Morgan fingerprint density at radius 2 is 1.93 bits per heavy atom. The van der Waals surface area contributed by atoms with Crippen molar-refractivity contribution in [3.05, 3.63) is 44.6 Å². The lowest BCUT2D eigenvalue weighted by Gasteiger charge is -2.01. The van der Waals surface area contributed by atoms with E-state index in [1.165, 1.54) is 17.4 Å². The average molecular weight is 289 g/mol. The van der Waals surface area contributed by atoms with Crippen LogP contribution in [0.5, 0.6) is 0 Å². The molecule has 0 unspecified atom stereocenters. The fourth-order valence-electron chi connectivity index (χ4n) is 1.38. The van der Waals surface area contributed by atoms with E-state index in [2.05, 4.69) is 15.9 Å². The molecule has 0 atom stereocenters. The zero-order chi connectivity index (χ0) is 11.0. The minimum absolute atomic E-state index is 0.297. The maximum atomic E-state index is 13.5. The van der Waals surface area contributed by atoms with Crippen LogP contribution < -0.4 is 0 Å². The van der Waals surface area contributed by atoms with Gasteiger partial charge in [-0.3, -0.25) is 0 Å². The lowest BCUT2D eigenvalue weighted by Crippen LogP contribution is -1.87. The third kappa shape index (κ3) is 1.96. The van der Waals surface area contributed by atoms with E-state index in [9.17, 15) is 8.78 Å². The molecule has 0 spiro atoms. The van der Waals surface area contributed by atoms with E-state index in [1.54, 1.807) is 6.07 Å². The fourth-order valence-corrected chi connectivity index (χ4v) is 3.21. The van der Waals surface area contributed by atoms with Crippen LogP contribution in [0.2, 0.25) is 0 Å². The molecule has 78 valence electrons. The molecule has 0 aliphatic carbocycles. The van der Waals surface area contributed by atoms with Gasteiger partial charge in [0.2, 0.25) is 0 Å². The summed E-state index contributed by atoms with van der Waals surface area (Å²) in [6.45, 7) is 1.93. The number of thiophene rings is 1. The molecule has 15 heavy (non-hydrogen) atoms. The molecule has 2 rings (SSSR count). The predicted octanol–water partition coefficient (Wildman–Crippen LogP) is 4.76. The molecule has 0 radical (unpaired) electrons. The van der Waals surface area contributed by atoms with Crippen LogP contribution in [0.1, 0.15) is 4.88 Å². The van der Waals surface area contributed by atoms with Crippen LogP contribution in [-0.2, 0) is 0 Å². The van der Waals surface area contributed by atoms with Gasteiger partial charge in [0, 0.05) is 16.0 Å². The van der Waals surface area contributed by atoms with Crippen molar-refractivity contribution < 1.29 is 8.78 Å². The monoisotopic (exact) mass is 288 g/mol. The van der Waals surface area contributed by atoms with Gasteiger partial charge in [-0.2, -0.15) is 0 Å². The van der Waals surface area contributed by atoms with Gasteiger partial charge in [0.15, 0.2) is 11.6 Å². The first-order valence-electron chi connectivity index (χ1n) is 4.30. The van der Waals surface area contributed by atoms with Gasteiger partial charge in [-0.25, -0.2) is 8.78 Å². The van der Waals surface area contributed by atoms with Gasteiger partial charge >= 0.3 is 0 Å². The summed E-state index contributed by atoms with van der Waals surface area (Å²) < 4.78 is 27.3. The van der Waals surface area contributed by atoms with Crippen LogP contribution in [0.4, 0.5) is 8.78 Å². The van der Waals surface area contributed by atoms with Gasteiger partial charge in [0.25, 0.3) is 0 Å². The molecule has 1 aromatic heterocycles. The summed E-state index contributed by atoms with van der Waals surface area (Å²) in [7, 11) is 0. The summed E-state index contributed by atoms with van der Waals surface area (Å²) in [5.74, 6) is -1.61. The van der Waals surface area contributed by atoms with Crippen molar-refractivity contribution in [3.63, 3.8) is 0 Å². The second-order valence-electron chi connectivity index (χ2n) is 3.15. The minimum Gasteiger partial charge on any atom is -0.204 e. The smallest absolute Gasteiger partial charge is 0.166 e. The molecular formula is C11H7BrF2S. The molecular weight excluding hydrogens is 282 g/mol. The van der Waals surface area contributed by atoms with Crippen LogP contribution in [0.3, 0.4) is 0 Å². The van der Waals surface area contributed by atoms with Crippen molar-refractivity contribution in [2.24, 2.45) is 0 Å². The second-order valence-corrected chi connectivity index (χ2v) is 5.72. The highest BCUT2D eigenvalue weighted by Gasteiger charge is 2.13. The zero-order valence-electron chi connectivity index (χ0n) is 7.85. The molecule has 4 heteroatoms. The maximum Gasteiger partial charge on any atom is 0.166 e. The van der Waals surface area contributed by atoms with Crippen molar-refractivity contribution in [1.29, 1.82) is 0 Å². The Balaban J connectivity index is 2.64. The molecule has 0 N–H and O–H groups in total. The van der Waals surface area contributed by atoms with Crippen molar-refractivity contribution in [1.82, 2.24) is 0 Å². The Morgan fingerprint density at radius 1 is 1.20 bits per heavy atom. The Morgan fingerprint density at radius 3 is 2.53 bits per heavy atom. The zero-order valence-corrected chi connectivity index (χ0v) is 10.3. The van der Waals surface area contributed by atoms with Crippen molar-refractivity contribution in [2.45, 2.75) is 6.92 Å². The Hall–Kier alpha value is -0.740. The number of benzene rings is 1. The molecule has 0 fully saturated rings. The lowest BCUT2D eigenvalue weighted by molar-refractivity contribution is 0.511. The van der Waals surface area contributed by atoms with E-state index in [-0.39, 0.29) is 0 Å². The highest BCUT2D eigenvalue weighted by atomic mass is 79.9. The SMILES string of the molecule is Cc1cc(-c2cccc(F)c2F)c(Br)s1. The summed E-state index contributed by atoms with van der Waals surface area (Å²) in [5, 5.41) is 0. The molecule has 0 nitrogen and oxygen atoms in total. The Labute approximate surface area is 98.7 Å². The Kier molecular flexibility index (Phi) is 2.89. The maximum absolute atomic E-state index is 13.5. The number of hydrogen-bond acceptors (Lipinski definition) is 1. The van der Waals surface area contributed by atoms with E-state index in [4.69, 9.17) is 0 Å². The summed E-state index contributed by atoms with van der Waals surface area (Å²) in [6.07, 6.45) is 0. The number of hydrogen-bond donors (Lipinski definition) is 0. The summed E-state index contributed by atoms with van der Waals surface area (Å²) >= 11 is 4.85. The van der Waals surface area contributed by atoms with E-state index in [1.807, 2.05) is 13.0 Å². The fraction of sp³-hybridized carbons (Fsp3) is 0.0909. The first-order chi connectivity index (χ1) is 7.09. The predicted molar refractivity (Wildman–Crippen MR) is 62.1 cm³/mol. The van der Waals surface area contributed by atoms with Crippen molar-refractivity contribution in [3.8, 4) is 11.1 Å². The standard InChI is InChI=1S/C11H7BrF2S/c1-6-5-8(11(12)15-6)7-3-2-4-9(13)10(7)14/h2-5H,1H3. The molecule has 0 saturated carbocycles. The number of rotatable bonds is 1. The van der Waals surface area contributed by atoms with Crippen LogP contribution in [0.15, 0.2) is 28.1 Å². The van der Waals surface area contributed by atoms with E-state index in [0.717, 1.165) is 14.7 Å². The van der Waals surface area contributed by atoms with Gasteiger partial charge in [0.1, 0.15) is 0 Å². The third-order valence-corrected chi connectivity index (χ3v) is 3.80. The molecule has 0 aliphatic heterocycles. The van der Waals surface area contributed by atoms with E-state index < -0.39 is 11.6 Å². The molecule has 1 aromatic carbocycles. The minimum atomic E-state index is -0.816. The quantitative estimate of drug-likeness (QED) is 0.709. The normalized spacial score (nSPS) is 10.7. The summed E-state index contributed by atoms with van der Waals surface area (Å²) in [6, 6.07) is 6.04. The van der Waals surface area contributed by atoms with Gasteiger partial charge in [-0.05, 0) is 35.0 Å². The van der Waals surface area contributed by atoms with Crippen LogP contribution in [0, 0.1) is 18.6 Å². The second kappa shape index (κ2) is 4.02. The molecule has 0 aliphatic rings. The Bertz CT molecular complexity index is 505. The number of halogens is 3. The highest BCUT2D eigenvalue weighted by Crippen LogP contribution is 2.37. The van der Waals surface area contributed by atoms with Crippen LogP contribution >= 0.6 is 27.3 Å².